The Kier molecular flexibility index (Phi) is 8.09. The van der Waals surface area contributed by atoms with Crippen LogP contribution in [0.1, 0.15) is 35.9 Å². The number of nitriles is 1. The van der Waals surface area contributed by atoms with Crippen LogP contribution in [0.2, 0.25) is 0 Å². The van der Waals surface area contributed by atoms with E-state index >= 15 is 0 Å². The Balaban J connectivity index is 1.61. The molecule has 3 N–H and O–H groups in total. The number of alkyl halides is 3. The molecule has 34 heavy (non-hydrogen) atoms. The summed E-state index contributed by atoms with van der Waals surface area (Å²) in [5.41, 5.74) is 4.59. The Labute approximate surface area is 198 Å². The number of rotatable bonds is 10. The third-order valence-corrected chi connectivity index (χ3v) is 6.05. The molecule has 0 aliphatic carbocycles. The summed E-state index contributed by atoms with van der Waals surface area (Å²) in [6.45, 7) is 1.61. The van der Waals surface area contributed by atoms with Crippen LogP contribution in [-0.4, -0.2) is 35.1 Å². The van der Waals surface area contributed by atoms with Gasteiger partial charge in [0.05, 0.1) is 42.6 Å². The van der Waals surface area contributed by atoms with E-state index < -0.39 is 17.3 Å². The molecule has 1 heterocycles. The molecule has 7 nitrogen and oxygen atoms in total. The first-order valence-corrected chi connectivity index (χ1v) is 11.2. The summed E-state index contributed by atoms with van der Waals surface area (Å²) in [5.74, 6) is 0.284. The molecular weight excluding hydrogens is 469 g/mol. The van der Waals surface area contributed by atoms with E-state index in [4.69, 9.17) is 20.5 Å². The minimum atomic E-state index is -4.62. The molecule has 0 spiro atoms. The molecule has 3 rings (SSSR count). The molecule has 0 amide bonds. The molecule has 3 aromatic rings. The molecule has 0 fully saturated rings. The number of hydrogen-bond donors (Lipinski definition) is 2. The van der Waals surface area contributed by atoms with Crippen molar-refractivity contribution in [2.24, 2.45) is 5.73 Å². The lowest BCUT2D eigenvalue weighted by Crippen LogP contribution is -2.36. The number of halogens is 3. The fraction of sp³-hybridized carbons (Fsp3) is 0.348. The van der Waals surface area contributed by atoms with Gasteiger partial charge in [-0.3, -0.25) is 0 Å². The van der Waals surface area contributed by atoms with Crippen LogP contribution in [0.4, 0.5) is 13.2 Å². The third kappa shape index (κ3) is 6.44. The first kappa shape index (κ1) is 25.4. The van der Waals surface area contributed by atoms with E-state index in [1.807, 2.05) is 6.07 Å². The molecule has 1 aromatic heterocycles. The van der Waals surface area contributed by atoms with Crippen LogP contribution in [-0.2, 0) is 11.7 Å². The van der Waals surface area contributed by atoms with Crippen molar-refractivity contribution >= 4 is 11.3 Å². The average Bonchev–Trinajstić information content (AvgIpc) is 3.32. The number of benzene rings is 2. The Morgan fingerprint density at radius 3 is 2.50 bits per heavy atom. The quantitative estimate of drug-likeness (QED) is 0.401. The van der Waals surface area contributed by atoms with Gasteiger partial charge in [-0.1, -0.05) is 17.4 Å². The number of nitrogens with zero attached hydrogens (tertiary/aromatic N) is 3. The average molecular weight is 493 g/mol. The number of aromatic nitrogens is 2. The predicted octanol–water partition coefficient (Wildman–Crippen LogP) is 4.50. The van der Waals surface area contributed by atoms with Gasteiger partial charge in [-0.05, 0) is 56.2 Å². The van der Waals surface area contributed by atoms with Crippen molar-refractivity contribution in [1.82, 2.24) is 10.2 Å². The second-order valence-corrected chi connectivity index (χ2v) is 8.72. The van der Waals surface area contributed by atoms with E-state index in [2.05, 4.69) is 10.2 Å². The molecule has 0 bridgehead atoms. The molecule has 11 heteroatoms. The van der Waals surface area contributed by atoms with E-state index in [1.54, 1.807) is 31.2 Å². The fourth-order valence-electron chi connectivity index (χ4n) is 2.88. The molecule has 0 saturated carbocycles. The van der Waals surface area contributed by atoms with E-state index in [-0.39, 0.29) is 29.5 Å². The van der Waals surface area contributed by atoms with E-state index in [0.29, 0.717) is 35.8 Å². The molecule has 0 radical (unpaired) electrons. The summed E-state index contributed by atoms with van der Waals surface area (Å²) in [6.07, 6.45) is -3.58. The van der Waals surface area contributed by atoms with Crippen molar-refractivity contribution in [3.05, 3.63) is 58.6 Å². The van der Waals surface area contributed by atoms with Crippen LogP contribution in [0.25, 0.3) is 10.6 Å². The summed E-state index contributed by atoms with van der Waals surface area (Å²) in [5, 5.41) is 26.7. The molecule has 2 aromatic carbocycles. The van der Waals surface area contributed by atoms with Gasteiger partial charge < -0.3 is 20.3 Å². The zero-order chi connectivity index (χ0) is 24.8. The van der Waals surface area contributed by atoms with Gasteiger partial charge in [-0.15, -0.1) is 10.2 Å². The van der Waals surface area contributed by atoms with Crippen LogP contribution in [0.3, 0.4) is 0 Å². The number of ether oxygens (including phenoxy) is 2. The topological polar surface area (TPSA) is 114 Å². The summed E-state index contributed by atoms with van der Waals surface area (Å²) in [6, 6.07) is 12.5. The lowest BCUT2D eigenvalue weighted by atomic mass is 10.1. The molecule has 0 saturated heterocycles. The normalized spacial score (nSPS) is 13.2. The van der Waals surface area contributed by atoms with E-state index in [0.717, 1.165) is 17.4 Å². The predicted molar refractivity (Wildman–Crippen MR) is 120 cm³/mol. The van der Waals surface area contributed by atoms with Crippen LogP contribution < -0.4 is 15.2 Å². The van der Waals surface area contributed by atoms with Crippen molar-refractivity contribution in [2.45, 2.75) is 31.5 Å². The molecule has 180 valence electrons. The molecule has 0 aliphatic rings. The molecule has 1 atom stereocenters. The van der Waals surface area contributed by atoms with Gasteiger partial charge in [-0.25, -0.2) is 0 Å². The zero-order valence-corrected chi connectivity index (χ0v) is 19.1. The fourth-order valence-corrected chi connectivity index (χ4v) is 3.77. The SMILES string of the molecule is CC(N)(CO)c1nnc(-c2ccc(OCCCCOc3cccc(C#N)c3)c(C(F)(F)F)c2)s1. The van der Waals surface area contributed by atoms with Gasteiger partial charge in [0.2, 0.25) is 0 Å². The summed E-state index contributed by atoms with van der Waals surface area (Å²) in [4.78, 5) is 0. The first-order valence-electron chi connectivity index (χ1n) is 10.3. The Morgan fingerprint density at radius 2 is 1.82 bits per heavy atom. The van der Waals surface area contributed by atoms with Crippen LogP contribution >= 0.6 is 11.3 Å². The smallest absolute Gasteiger partial charge is 0.419 e. The number of hydrogen-bond acceptors (Lipinski definition) is 8. The third-order valence-electron chi connectivity index (χ3n) is 4.80. The Hall–Kier alpha value is -3.20. The van der Waals surface area contributed by atoms with E-state index in [1.165, 1.54) is 12.1 Å². The van der Waals surface area contributed by atoms with Crippen LogP contribution in [0, 0.1) is 11.3 Å². The van der Waals surface area contributed by atoms with Crippen LogP contribution in [0.5, 0.6) is 11.5 Å². The minimum Gasteiger partial charge on any atom is -0.494 e. The molecular formula is C23H23F3N4O3S. The lowest BCUT2D eigenvalue weighted by molar-refractivity contribution is -0.138. The van der Waals surface area contributed by atoms with Crippen LogP contribution in [0.15, 0.2) is 42.5 Å². The van der Waals surface area contributed by atoms with Crippen molar-refractivity contribution in [3.8, 4) is 28.1 Å². The Morgan fingerprint density at radius 1 is 1.09 bits per heavy atom. The second kappa shape index (κ2) is 10.8. The van der Waals surface area contributed by atoms with Crippen molar-refractivity contribution in [3.63, 3.8) is 0 Å². The van der Waals surface area contributed by atoms with Gasteiger partial charge in [0, 0.05) is 5.56 Å². The highest BCUT2D eigenvalue weighted by Crippen LogP contribution is 2.39. The number of unbranched alkanes of at least 4 members (excludes halogenated alkanes) is 1. The zero-order valence-electron chi connectivity index (χ0n) is 18.3. The highest BCUT2D eigenvalue weighted by atomic mass is 32.1. The van der Waals surface area contributed by atoms with Crippen molar-refractivity contribution < 1.29 is 27.8 Å². The van der Waals surface area contributed by atoms with Gasteiger partial charge in [0.15, 0.2) is 0 Å². The number of aliphatic hydroxyl groups is 1. The maximum absolute atomic E-state index is 13.7. The standard InChI is InChI=1S/C23H23F3N4O3S/c1-22(28,14-31)21-30-29-20(34-21)16-7-8-19(18(12-16)23(24,25)26)33-10-3-2-9-32-17-6-4-5-15(11-17)13-27/h4-8,11-12,31H,2-3,9-10,14,28H2,1H3. The monoisotopic (exact) mass is 492 g/mol. The minimum absolute atomic E-state index is 0.0784. The first-order chi connectivity index (χ1) is 16.1. The molecule has 1 unspecified atom stereocenters. The lowest BCUT2D eigenvalue weighted by Gasteiger charge is -2.17. The highest BCUT2D eigenvalue weighted by Gasteiger charge is 2.35. The van der Waals surface area contributed by atoms with Gasteiger partial charge in [0.25, 0.3) is 0 Å². The molecule has 0 aliphatic heterocycles. The largest absolute Gasteiger partial charge is 0.494 e. The summed E-state index contributed by atoms with van der Waals surface area (Å²) in [7, 11) is 0. The van der Waals surface area contributed by atoms with Gasteiger partial charge >= 0.3 is 6.18 Å². The maximum atomic E-state index is 13.7. The van der Waals surface area contributed by atoms with Crippen molar-refractivity contribution in [1.29, 1.82) is 5.26 Å². The Bertz CT molecular complexity index is 1160. The number of nitrogens with two attached hydrogens (primary N) is 1. The second-order valence-electron chi connectivity index (χ2n) is 7.74. The summed E-state index contributed by atoms with van der Waals surface area (Å²) < 4.78 is 52.0. The van der Waals surface area contributed by atoms with Crippen molar-refractivity contribution in [2.75, 3.05) is 19.8 Å². The highest BCUT2D eigenvalue weighted by molar-refractivity contribution is 7.14. The van der Waals surface area contributed by atoms with Gasteiger partial charge in [0.1, 0.15) is 21.5 Å². The summed E-state index contributed by atoms with van der Waals surface area (Å²) >= 11 is 1.02. The maximum Gasteiger partial charge on any atom is 0.419 e. The van der Waals surface area contributed by atoms with E-state index in [9.17, 15) is 18.3 Å². The number of aliphatic hydroxyl groups excluding tert-OH is 1. The van der Waals surface area contributed by atoms with Gasteiger partial charge in [-0.2, -0.15) is 18.4 Å².